The molecule has 0 N–H and O–H groups in total. The van der Waals surface area contributed by atoms with Crippen LogP contribution in [0.15, 0.2) is 182 Å². The number of rotatable bonds is 7. The van der Waals surface area contributed by atoms with Gasteiger partial charge in [-0.15, -0.1) is 48.1 Å². The fourth-order valence-electron chi connectivity index (χ4n) is 9.28. The third-order valence-electron chi connectivity index (χ3n) is 12.1. The molecule has 316 valence electrons. The summed E-state index contributed by atoms with van der Waals surface area (Å²) in [5.41, 5.74) is 14.3. The molecule has 2 aromatic heterocycles. The summed E-state index contributed by atoms with van der Waals surface area (Å²) in [6.45, 7) is 13.3. The van der Waals surface area contributed by atoms with Gasteiger partial charge in [0.15, 0.2) is 0 Å². The average Bonchev–Trinajstić information content (AvgIpc) is 3.84. The number of anilines is 3. The first-order chi connectivity index (χ1) is 30.7. The van der Waals surface area contributed by atoms with Crippen molar-refractivity contribution in [2.45, 2.75) is 40.0 Å². The summed E-state index contributed by atoms with van der Waals surface area (Å²) in [6, 6.07) is 56.4. The summed E-state index contributed by atoms with van der Waals surface area (Å²) >= 11 is 0. The summed E-state index contributed by atoms with van der Waals surface area (Å²) in [4.78, 5) is 11.8. The molecular weight excluding hydrogens is 965 g/mol. The van der Waals surface area contributed by atoms with Crippen molar-refractivity contribution in [1.29, 1.82) is 0 Å². The molecule has 64 heavy (non-hydrogen) atoms. The van der Waals surface area contributed by atoms with Crippen LogP contribution in [-0.2, 0) is 26.5 Å². The third-order valence-corrected chi connectivity index (χ3v) is 12.1. The second-order valence-electron chi connectivity index (χ2n) is 17.6. The summed E-state index contributed by atoms with van der Waals surface area (Å²) < 4.78 is 8.87. The molecule has 0 unspecified atom stereocenters. The van der Waals surface area contributed by atoms with Gasteiger partial charge >= 0.3 is 6.85 Å². The van der Waals surface area contributed by atoms with E-state index in [1.165, 1.54) is 27.8 Å². The molecule has 3 aliphatic rings. The van der Waals surface area contributed by atoms with Gasteiger partial charge in [0.25, 0.3) is 0 Å². The van der Waals surface area contributed by atoms with E-state index < -0.39 is 0 Å². The maximum Gasteiger partial charge on any atom is 0.313 e. The number of nitrogens with zero attached hydrogens (tertiary/aromatic N) is 5. The normalized spacial score (nSPS) is 14.5. The van der Waals surface area contributed by atoms with E-state index >= 15 is 0 Å². The van der Waals surface area contributed by atoms with E-state index in [2.05, 4.69) is 224 Å². The van der Waals surface area contributed by atoms with Gasteiger partial charge in [0, 0.05) is 61.3 Å². The van der Waals surface area contributed by atoms with Crippen LogP contribution >= 0.6 is 0 Å². The van der Waals surface area contributed by atoms with Crippen LogP contribution in [0.3, 0.4) is 0 Å². The fourth-order valence-corrected chi connectivity index (χ4v) is 9.28. The Bertz CT molecular complexity index is 3210. The smallest absolute Gasteiger partial charge is 0.313 e. The van der Waals surface area contributed by atoms with Gasteiger partial charge in [-0.2, -0.15) is 12.1 Å². The molecule has 6 nitrogen and oxygen atoms in total. The zero-order valence-electron chi connectivity index (χ0n) is 36.4. The summed E-state index contributed by atoms with van der Waals surface area (Å²) in [5.74, 6) is 6.70. The Hall–Kier alpha value is -6.82. The molecule has 0 amide bonds. The van der Waals surface area contributed by atoms with Crippen molar-refractivity contribution in [3.63, 3.8) is 0 Å². The summed E-state index contributed by atoms with van der Waals surface area (Å²) in [7, 11) is 0. The van der Waals surface area contributed by atoms with E-state index in [1.807, 2.05) is 24.4 Å². The average molecular weight is 1010 g/mol. The Balaban J connectivity index is 0.00000484. The number of benzene rings is 6. The molecule has 0 atom stereocenters. The largest absolute Gasteiger partial charge is 0.509 e. The van der Waals surface area contributed by atoms with Crippen LogP contribution in [0.4, 0.5) is 17.1 Å². The molecule has 0 aliphatic carbocycles. The number of para-hydroxylation sites is 3. The van der Waals surface area contributed by atoms with Crippen LogP contribution in [0, 0.1) is 32.6 Å². The number of allylic oxidation sites excluding steroid dienone is 3. The fraction of sp³-hybridized carbons (Fsp3) is 0.107. The van der Waals surface area contributed by atoms with E-state index in [0.29, 0.717) is 11.5 Å². The minimum atomic E-state index is -0.0262. The minimum absolute atomic E-state index is 0. The van der Waals surface area contributed by atoms with Crippen LogP contribution in [0.25, 0.3) is 38.9 Å². The predicted octanol–water partition coefficient (Wildman–Crippen LogP) is 13.5. The Morgan fingerprint density at radius 2 is 1.39 bits per heavy atom. The molecule has 0 spiro atoms. The number of ether oxygens (including phenoxy) is 1. The molecule has 0 saturated heterocycles. The Morgan fingerprint density at radius 3 is 2.19 bits per heavy atom. The van der Waals surface area contributed by atoms with Crippen molar-refractivity contribution in [3.05, 3.63) is 228 Å². The zero-order valence-corrected chi connectivity index (χ0v) is 38.6. The van der Waals surface area contributed by atoms with Crippen molar-refractivity contribution in [1.82, 2.24) is 14.4 Å². The maximum atomic E-state index is 6.68. The number of fused-ring (bicyclic) bond motifs is 5. The first-order valence-electron chi connectivity index (χ1n) is 21.6. The molecule has 0 bridgehead atoms. The molecular formula is C56H45BN5OPt-3. The van der Waals surface area contributed by atoms with Gasteiger partial charge < -0.3 is 23.9 Å². The molecule has 6 aromatic carbocycles. The number of pyridine rings is 1. The van der Waals surface area contributed by atoms with Gasteiger partial charge in [-0.3, -0.25) is 0 Å². The van der Waals surface area contributed by atoms with Crippen LogP contribution in [0.1, 0.15) is 48.6 Å². The molecule has 3 aliphatic heterocycles. The predicted molar refractivity (Wildman–Crippen MR) is 260 cm³/mol. The first kappa shape index (κ1) is 41.2. The number of aryl methyl sites for hydroxylation is 2. The second kappa shape index (κ2) is 16.4. The van der Waals surface area contributed by atoms with Crippen molar-refractivity contribution in [2.24, 2.45) is 0 Å². The Kier molecular flexibility index (Phi) is 10.6. The summed E-state index contributed by atoms with van der Waals surface area (Å²) in [5, 5.41) is 2.23. The van der Waals surface area contributed by atoms with E-state index in [1.54, 1.807) is 0 Å². The SMILES string of the molecule is Cc1cc(C)cc(C2=C(N3[CH-]N(c4[c-]c(Oc5[c-]c6c(cc5)c5ccccc5n6-c5cc(C(C)(C)C)ccn5)ccc4)c4ccccc43)C(c3ccccc3)=CB3C=CC=CN32)c1.[Pt]. The van der Waals surface area contributed by atoms with Crippen molar-refractivity contribution in [2.75, 3.05) is 9.80 Å². The number of hydrogen-bond donors (Lipinski definition) is 0. The van der Waals surface area contributed by atoms with Gasteiger partial charge in [-0.05, 0) is 102 Å². The minimum Gasteiger partial charge on any atom is -0.509 e. The molecule has 5 heterocycles. The van der Waals surface area contributed by atoms with Crippen LogP contribution in [0.2, 0.25) is 0 Å². The molecule has 8 heteroatoms. The first-order valence-corrected chi connectivity index (χ1v) is 21.6. The van der Waals surface area contributed by atoms with Crippen LogP contribution in [-0.4, -0.2) is 21.2 Å². The van der Waals surface area contributed by atoms with Crippen LogP contribution in [0.5, 0.6) is 11.5 Å². The molecule has 0 saturated carbocycles. The topological polar surface area (TPSA) is 36.8 Å². The molecule has 0 radical (unpaired) electrons. The summed E-state index contributed by atoms with van der Waals surface area (Å²) in [6.07, 6.45) is 8.38. The van der Waals surface area contributed by atoms with Gasteiger partial charge in [-0.1, -0.05) is 122 Å². The zero-order chi connectivity index (χ0) is 42.8. The standard InChI is InChI=1S/C56H45BN5O.Pt/c1-38-30-39(2)32-41(31-38)54-55(48(40-16-7-6-8-17-40)36-57-27-13-14-29-61(54)57)60-37-59(50-22-11-12-23-51(50)60)43-18-15-19-44(34-43)63-45-24-25-47-46-20-9-10-21-49(46)62(52(47)35-45)53-33-42(26-28-58-53)56(3,4)5;/h6-33,36-37H,1-5H3;/q-3;. The molecule has 8 aromatic rings. The van der Waals surface area contributed by atoms with Crippen molar-refractivity contribution < 1.29 is 25.8 Å². The second-order valence-corrected chi connectivity index (χ2v) is 17.6. The van der Waals surface area contributed by atoms with Gasteiger partial charge in [0.05, 0.1) is 5.70 Å². The van der Waals surface area contributed by atoms with E-state index in [9.17, 15) is 0 Å². The Morgan fingerprint density at radius 1 is 0.656 bits per heavy atom. The maximum absolute atomic E-state index is 6.68. The van der Waals surface area contributed by atoms with Gasteiger partial charge in [0.1, 0.15) is 5.82 Å². The van der Waals surface area contributed by atoms with Crippen molar-refractivity contribution in [3.8, 4) is 17.3 Å². The third kappa shape index (κ3) is 7.28. The van der Waals surface area contributed by atoms with Gasteiger partial charge in [-0.25, -0.2) is 4.98 Å². The van der Waals surface area contributed by atoms with Crippen LogP contribution < -0.4 is 14.5 Å². The number of aromatic nitrogens is 2. The quantitative estimate of drug-likeness (QED) is 0.117. The molecule has 11 rings (SSSR count). The Labute approximate surface area is 390 Å². The monoisotopic (exact) mass is 1010 g/mol. The van der Waals surface area contributed by atoms with E-state index in [-0.39, 0.29) is 33.3 Å². The van der Waals surface area contributed by atoms with E-state index in [4.69, 9.17) is 9.72 Å². The van der Waals surface area contributed by atoms with E-state index in [0.717, 1.165) is 61.6 Å². The number of hydrogen-bond acceptors (Lipinski definition) is 5. The van der Waals surface area contributed by atoms with Crippen molar-refractivity contribution >= 4 is 57.0 Å². The molecule has 0 fully saturated rings. The van der Waals surface area contributed by atoms with Gasteiger partial charge in [0.2, 0.25) is 0 Å².